The van der Waals surface area contributed by atoms with Gasteiger partial charge in [0.2, 0.25) is 5.91 Å². The smallest absolute Gasteiger partial charge is 0.244 e. The normalized spacial score (nSPS) is 23.9. The summed E-state index contributed by atoms with van der Waals surface area (Å²) in [7, 11) is 1.90. The summed E-state index contributed by atoms with van der Waals surface area (Å²) in [5.41, 5.74) is 6.18. The number of aromatic nitrogens is 2. The van der Waals surface area contributed by atoms with Crippen LogP contribution >= 0.6 is 0 Å². The van der Waals surface area contributed by atoms with E-state index in [1.807, 2.05) is 11.9 Å². The average Bonchev–Trinajstić information content (AvgIpc) is 2.74. The van der Waals surface area contributed by atoms with Gasteiger partial charge in [-0.2, -0.15) is 5.10 Å². The minimum Gasteiger partial charge on any atom is -0.396 e. The fourth-order valence-electron chi connectivity index (χ4n) is 2.77. The first-order valence-electron chi connectivity index (χ1n) is 6.61. The van der Waals surface area contributed by atoms with Gasteiger partial charge in [-0.1, -0.05) is 19.8 Å². The van der Waals surface area contributed by atoms with E-state index in [0.29, 0.717) is 17.6 Å². The van der Waals surface area contributed by atoms with Gasteiger partial charge in [-0.25, -0.2) is 0 Å². The third-order valence-electron chi connectivity index (χ3n) is 3.91. The topological polar surface area (TPSA) is 64.2 Å². The van der Waals surface area contributed by atoms with Gasteiger partial charge in [-0.05, 0) is 18.8 Å². The predicted molar refractivity (Wildman–Crippen MR) is 70.8 cm³/mol. The molecule has 1 amide bonds. The van der Waals surface area contributed by atoms with Gasteiger partial charge in [-0.15, -0.1) is 0 Å². The number of nitrogens with two attached hydrogens (primary N) is 1. The van der Waals surface area contributed by atoms with Crippen molar-refractivity contribution in [2.75, 3.05) is 12.8 Å². The molecule has 2 unspecified atom stereocenters. The molecule has 0 aliphatic heterocycles. The van der Waals surface area contributed by atoms with Crippen LogP contribution in [0.15, 0.2) is 12.4 Å². The Hall–Kier alpha value is -1.52. The molecular formula is C13H22N4O. The highest BCUT2D eigenvalue weighted by molar-refractivity contribution is 5.76. The molecule has 1 aliphatic carbocycles. The Balaban J connectivity index is 1.95. The third kappa shape index (κ3) is 2.83. The van der Waals surface area contributed by atoms with Gasteiger partial charge in [0.05, 0.1) is 11.9 Å². The van der Waals surface area contributed by atoms with E-state index in [0.717, 1.165) is 6.42 Å². The van der Waals surface area contributed by atoms with E-state index in [4.69, 9.17) is 5.73 Å². The van der Waals surface area contributed by atoms with Gasteiger partial charge in [0.25, 0.3) is 0 Å². The van der Waals surface area contributed by atoms with Crippen LogP contribution in [0.3, 0.4) is 0 Å². The van der Waals surface area contributed by atoms with Gasteiger partial charge in [0.1, 0.15) is 6.54 Å². The number of amides is 1. The Labute approximate surface area is 108 Å². The van der Waals surface area contributed by atoms with Gasteiger partial charge >= 0.3 is 0 Å². The summed E-state index contributed by atoms with van der Waals surface area (Å²) in [6.45, 7) is 2.51. The number of carbonyl (C=O) groups is 1. The van der Waals surface area contributed by atoms with E-state index >= 15 is 0 Å². The zero-order valence-corrected chi connectivity index (χ0v) is 11.2. The molecule has 0 aromatic carbocycles. The molecule has 1 saturated carbocycles. The Morgan fingerprint density at radius 2 is 2.28 bits per heavy atom. The van der Waals surface area contributed by atoms with Crippen molar-refractivity contribution < 1.29 is 4.79 Å². The number of anilines is 1. The molecule has 18 heavy (non-hydrogen) atoms. The lowest BCUT2D eigenvalue weighted by atomic mass is 9.85. The molecule has 2 atom stereocenters. The SMILES string of the molecule is CC1CCCCC1N(C)C(=O)Cn1cc(N)cn1. The number of hydrogen-bond donors (Lipinski definition) is 1. The Bertz CT molecular complexity index is 415. The number of carbonyl (C=O) groups excluding carboxylic acids is 1. The molecule has 0 saturated heterocycles. The molecule has 0 bridgehead atoms. The fourth-order valence-corrected chi connectivity index (χ4v) is 2.77. The van der Waals surface area contributed by atoms with Crippen LogP contribution in [0.4, 0.5) is 5.69 Å². The fraction of sp³-hybridized carbons (Fsp3) is 0.692. The second-order valence-electron chi connectivity index (χ2n) is 5.30. The average molecular weight is 250 g/mol. The zero-order chi connectivity index (χ0) is 13.1. The zero-order valence-electron chi connectivity index (χ0n) is 11.2. The highest BCUT2D eigenvalue weighted by Crippen LogP contribution is 2.27. The summed E-state index contributed by atoms with van der Waals surface area (Å²) in [6.07, 6.45) is 8.10. The van der Waals surface area contributed by atoms with E-state index in [9.17, 15) is 4.79 Å². The quantitative estimate of drug-likeness (QED) is 0.884. The van der Waals surface area contributed by atoms with E-state index in [-0.39, 0.29) is 12.5 Å². The first-order chi connectivity index (χ1) is 8.58. The number of likely N-dealkylation sites (N-methyl/N-ethyl adjacent to an activating group) is 1. The summed E-state index contributed by atoms with van der Waals surface area (Å²) in [5, 5.41) is 4.05. The molecule has 1 aliphatic rings. The van der Waals surface area contributed by atoms with Crippen molar-refractivity contribution in [2.24, 2.45) is 5.92 Å². The minimum absolute atomic E-state index is 0.108. The largest absolute Gasteiger partial charge is 0.396 e. The summed E-state index contributed by atoms with van der Waals surface area (Å²) in [4.78, 5) is 14.1. The Morgan fingerprint density at radius 1 is 1.56 bits per heavy atom. The molecule has 100 valence electrons. The van der Waals surface area contributed by atoms with Crippen molar-refractivity contribution >= 4 is 11.6 Å². The van der Waals surface area contributed by atoms with Crippen molar-refractivity contribution in [3.63, 3.8) is 0 Å². The molecule has 1 heterocycles. The van der Waals surface area contributed by atoms with Crippen LogP contribution in [0.25, 0.3) is 0 Å². The number of nitrogens with zero attached hydrogens (tertiary/aromatic N) is 3. The van der Waals surface area contributed by atoms with Crippen LogP contribution in [-0.2, 0) is 11.3 Å². The lowest BCUT2D eigenvalue weighted by Crippen LogP contribution is -2.44. The predicted octanol–water partition coefficient (Wildman–Crippen LogP) is 1.50. The molecule has 0 spiro atoms. The molecule has 5 heteroatoms. The first kappa shape index (κ1) is 12.9. The maximum atomic E-state index is 12.2. The van der Waals surface area contributed by atoms with E-state index in [1.165, 1.54) is 19.3 Å². The van der Waals surface area contributed by atoms with Gasteiger partial charge < -0.3 is 10.6 Å². The molecular weight excluding hydrogens is 228 g/mol. The van der Waals surface area contributed by atoms with Crippen molar-refractivity contribution in [1.29, 1.82) is 0 Å². The van der Waals surface area contributed by atoms with Crippen molar-refractivity contribution in [2.45, 2.75) is 45.2 Å². The Morgan fingerprint density at radius 3 is 2.89 bits per heavy atom. The van der Waals surface area contributed by atoms with Crippen LogP contribution in [0.2, 0.25) is 0 Å². The van der Waals surface area contributed by atoms with Crippen LogP contribution in [0.5, 0.6) is 0 Å². The van der Waals surface area contributed by atoms with Crippen molar-refractivity contribution in [3.8, 4) is 0 Å². The summed E-state index contributed by atoms with van der Waals surface area (Å²) < 4.78 is 1.60. The standard InChI is InChI=1S/C13H22N4O/c1-10-5-3-4-6-12(10)16(2)13(18)9-17-8-11(14)7-15-17/h7-8,10,12H,3-6,9,14H2,1-2H3. The maximum absolute atomic E-state index is 12.2. The molecule has 0 radical (unpaired) electrons. The molecule has 2 N–H and O–H groups in total. The molecule has 1 aromatic heterocycles. The number of rotatable bonds is 3. The van der Waals surface area contributed by atoms with Crippen molar-refractivity contribution in [1.82, 2.24) is 14.7 Å². The van der Waals surface area contributed by atoms with Crippen LogP contribution < -0.4 is 5.73 Å². The lowest BCUT2D eigenvalue weighted by Gasteiger charge is -2.36. The van der Waals surface area contributed by atoms with E-state index < -0.39 is 0 Å². The van der Waals surface area contributed by atoms with Crippen LogP contribution in [-0.4, -0.2) is 33.7 Å². The molecule has 5 nitrogen and oxygen atoms in total. The highest BCUT2D eigenvalue weighted by Gasteiger charge is 2.27. The lowest BCUT2D eigenvalue weighted by molar-refractivity contribution is -0.134. The van der Waals surface area contributed by atoms with Gasteiger partial charge in [-0.3, -0.25) is 9.48 Å². The molecule has 1 fully saturated rings. The summed E-state index contributed by atoms with van der Waals surface area (Å²) in [5.74, 6) is 0.701. The van der Waals surface area contributed by atoms with E-state index in [1.54, 1.807) is 17.1 Å². The first-order valence-corrected chi connectivity index (χ1v) is 6.61. The van der Waals surface area contributed by atoms with E-state index in [2.05, 4.69) is 12.0 Å². The van der Waals surface area contributed by atoms with Gasteiger partial charge in [0, 0.05) is 19.3 Å². The summed E-state index contributed by atoms with van der Waals surface area (Å²) >= 11 is 0. The number of hydrogen-bond acceptors (Lipinski definition) is 3. The van der Waals surface area contributed by atoms with Crippen LogP contribution in [0.1, 0.15) is 32.6 Å². The molecule has 2 rings (SSSR count). The third-order valence-corrected chi connectivity index (χ3v) is 3.91. The minimum atomic E-state index is 0.108. The highest BCUT2D eigenvalue weighted by atomic mass is 16.2. The summed E-state index contributed by atoms with van der Waals surface area (Å²) in [6, 6.07) is 0.374. The Kier molecular flexibility index (Phi) is 3.89. The second-order valence-corrected chi connectivity index (χ2v) is 5.30. The molecule has 1 aromatic rings. The van der Waals surface area contributed by atoms with Crippen LogP contribution in [0, 0.1) is 5.92 Å². The van der Waals surface area contributed by atoms with Crippen molar-refractivity contribution in [3.05, 3.63) is 12.4 Å². The van der Waals surface area contributed by atoms with Gasteiger partial charge in [0.15, 0.2) is 0 Å². The monoisotopic (exact) mass is 250 g/mol. The number of nitrogen functional groups attached to an aromatic ring is 1. The maximum Gasteiger partial charge on any atom is 0.244 e. The second kappa shape index (κ2) is 5.42.